The highest BCUT2D eigenvalue weighted by atomic mass is 32.2. The van der Waals surface area contributed by atoms with Crippen LogP contribution in [-0.4, -0.2) is 26.2 Å². The Morgan fingerprint density at radius 2 is 1.78 bits per heavy atom. The van der Waals surface area contributed by atoms with Crippen LogP contribution in [0.2, 0.25) is 25.7 Å². The third-order valence-corrected chi connectivity index (χ3v) is 6.72. The monoisotopic (exact) mass is 281 g/mol. The Morgan fingerprint density at radius 1 is 1.11 bits per heavy atom. The summed E-state index contributed by atoms with van der Waals surface area (Å²) >= 11 is 0. The molecule has 0 aliphatic rings. The number of para-hydroxylation sites is 1. The molecule has 0 atom stereocenters. The van der Waals surface area contributed by atoms with E-state index in [1.165, 1.54) is 3.97 Å². The number of benzene rings is 1. The fourth-order valence-corrected chi connectivity index (χ4v) is 6.22. The molecule has 1 heterocycles. The Morgan fingerprint density at radius 3 is 2.44 bits per heavy atom. The first kappa shape index (κ1) is 13.4. The zero-order valence-electron chi connectivity index (χ0n) is 11.1. The number of aromatic nitrogens is 1. The summed E-state index contributed by atoms with van der Waals surface area (Å²) < 4.78 is 26.1. The van der Waals surface area contributed by atoms with Crippen LogP contribution in [0.5, 0.6) is 0 Å². The smallest absolute Gasteiger partial charge is 0.238 e. The van der Waals surface area contributed by atoms with Crippen LogP contribution in [-0.2, 0) is 10.0 Å². The molecule has 2 rings (SSSR count). The van der Waals surface area contributed by atoms with Crippen molar-refractivity contribution < 1.29 is 8.42 Å². The van der Waals surface area contributed by atoms with E-state index in [9.17, 15) is 8.42 Å². The highest BCUT2D eigenvalue weighted by Gasteiger charge is 2.21. The van der Waals surface area contributed by atoms with Crippen molar-refractivity contribution >= 4 is 29.0 Å². The van der Waals surface area contributed by atoms with Crippen LogP contribution in [0.15, 0.2) is 36.5 Å². The van der Waals surface area contributed by atoms with E-state index in [1.807, 2.05) is 30.3 Å². The molecule has 1 aromatic heterocycles. The molecule has 5 heteroatoms. The summed E-state index contributed by atoms with van der Waals surface area (Å²) in [4.78, 5) is 0. The van der Waals surface area contributed by atoms with Gasteiger partial charge in [-0.1, -0.05) is 37.8 Å². The Balaban J connectivity index is 2.36. The van der Waals surface area contributed by atoms with Crippen LogP contribution >= 0.6 is 0 Å². The Bertz CT molecular complexity index is 653. The van der Waals surface area contributed by atoms with Crippen molar-refractivity contribution in [3.63, 3.8) is 0 Å². The van der Waals surface area contributed by atoms with Gasteiger partial charge in [0.15, 0.2) is 0 Å². The van der Waals surface area contributed by atoms with Gasteiger partial charge < -0.3 is 0 Å². The molecule has 2 aromatic rings. The minimum Gasteiger partial charge on any atom is -0.245 e. The molecule has 3 nitrogen and oxygen atoms in total. The van der Waals surface area contributed by atoms with Crippen molar-refractivity contribution in [2.45, 2.75) is 25.7 Å². The summed E-state index contributed by atoms with van der Waals surface area (Å²) in [7, 11) is -4.56. The number of nitrogens with zero attached hydrogens (tertiary/aromatic N) is 1. The van der Waals surface area contributed by atoms with Gasteiger partial charge in [0, 0.05) is 19.7 Å². The molecular weight excluding hydrogens is 262 g/mol. The van der Waals surface area contributed by atoms with Crippen LogP contribution in [0.25, 0.3) is 10.9 Å². The van der Waals surface area contributed by atoms with Crippen molar-refractivity contribution in [1.82, 2.24) is 3.97 Å². The summed E-state index contributed by atoms with van der Waals surface area (Å²) in [5, 5.41) is 0.967. The average Bonchev–Trinajstić information content (AvgIpc) is 2.70. The minimum absolute atomic E-state index is 0.237. The Hall–Kier alpha value is -1.07. The molecule has 0 unspecified atom stereocenters. The molecule has 0 bridgehead atoms. The van der Waals surface area contributed by atoms with Gasteiger partial charge in [0.05, 0.1) is 11.3 Å². The van der Waals surface area contributed by atoms with Crippen LogP contribution in [0.3, 0.4) is 0 Å². The molecule has 0 spiro atoms. The van der Waals surface area contributed by atoms with Gasteiger partial charge in [-0.25, -0.2) is 12.4 Å². The first-order valence-corrected chi connectivity index (χ1v) is 11.4. The SMILES string of the molecule is C[Si](C)(C)CCS(=O)(=O)n1ccc2ccccc21. The molecule has 0 N–H and O–H groups in total. The number of hydrogen-bond acceptors (Lipinski definition) is 2. The summed E-state index contributed by atoms with van der Waals surface area (Å²) in [6.07, 6.45) is 1.66. The van der Waals surface area contributed by atoms with E-state index in [2.05, 4.69) is 19.6 Å². The van der Waals surface area contributed by atoms with E-state index in [4.69, 9.17) is 0 Å². The highest BCUT2D eigenvalue weighted by Crippen LogP contribution is 2.19. The fraction of sp³-hybridized carbons (Fsp3) is 0.385. The van der Waals surface area contributed by atoms with Gasteiger partial charge in [-0.05, 0) is 18.2 Å². The molecule has 0 saturated carbocycles. The number of fused-ring (bicyclic) bond motifs is 1. The topological polar surface area (TPSA) is 39.1 Å². The standard InChI is InChI=1S/C13H19NO2SSi/c1-18(2,3)11-10-17(15,16)14-9-8-12-6-4-5-7-13(12)14/h4-9H,10-11H2,1-3H3. The molecular formula is C13H19NO2SSi. The largest absolute Gasteiger partial charge is 0.245 e. The second-order valence-corrected chi connectivity index (χ2v) is 13.4. The summed E-state index contributed by atoms with van der Waals surface area (Å²) in [5.41, 5.74) is 0.771. The lowest BCUT2D eigenvalue weighted by molar-refractivity contribution is 0.590. The summed E-state index contributed by atoms with van der Waals surface area (Å²) in [6, 6.07) is 10.2. The molecule has 1 aromatic carbocycles. The van der Waals surface area contributed by atoms with E-state index in [1.54, 1.807) is 6.20 Å². The lowest BCUT2D eigenvalue weighted by Crippen LogP contribution is -2.26. The maximum Gasteiger partial charge on any atom is 0.238 e. The van der Waals surface area contributed by atoms with Crippen molar-refractivity contribution in [3.05, 3.63) is 36.5 Å². The van der Waals surface area contributed by atoms with Crippen LogP contribution in [0, 0.1) is 0 Å². The second-order valence-electron chi connectivity index (χ2n) is 5.80. The van der Waals surface area contributed by atoms with Crippen molar-refractivity contribution in [2.75, 3.05) is 5.75 Å². The van der Waals surface area contributed by atoms with Crippen molar-refractivity contribution in [1.29, 1.82) is 0 Å². The van der Waals surface area contributed by atoms with Gasteiger partial charge in [-0.15, -0.1) is 0 Å². The van der Waals surface area contributed by atoms with Gasteiger partial charge in [0.2, 0.25) is 10.0 Å². The maximum atomic E-state index is 12.3. The van der Waals surface area contributed by atoms with E-state index >= 15 is 0 Å². The summed E-state index contributed by atoms with van der Waals surface area (Å²) in [5.74, 6) is 0.237. The maximum absolute atomic E-state index is 12.3. The quantitative estimate of drug-likeness (QED) is 0.808. The van der Waals surface area contributed by atoms with E-state index in [0.717, 1.165) is 16.9 Å². The number of rotatable bonds is 4. The second kappa shape index (κ2) is 4.55. The molecule has 18 heavy (non-hydrogen) atoms. The Kier molecular flexibility index (Phi) is 3.38. The molecule has 0 amide bonds. The predicted octanol–water partition coefficient (Wildman–Crippen LogP) is 3.16. The molecule has 0 radical (unpaired) electrons. The zero-order valence-corrected chi connectivity index (χ0v) is 12.9. The fourth-order valence-electron chi connectivity index (χ4n) is 1.83. The first-order valence-electron chi connectivity index (χ1n) is 6.09. The van der Waals surface area contributed by atoms with Crippen molar-refractivity contribution in [2.24, 2.45) is 0 Å². The van der Waals surface area contributed by atoms with E-state index in [0.29, 0.717) is 0 Å². The molecule has 0 saturated heterocycles. The minimum atomic E-state index is -3.23. The van der Waals surface area contributed by atoms with E-state index in [-0.39, 0.29) is 5.75 Å². The van der Waals surface area contributed by atoms with Gasteiger partial charge in [-0.3, -0.25) is 0 Å². The van der Waals surface area contributed by atoms with Crippen LogP contribution in [0.1, 0.15) is 0 Å². The Labute approximate surface area is 109 Å². The van der Waals surface area contributed by atoms with Gasteiger partial charge in [0.25, 0.3) is 0 Å². The normalized spacial score (nSPS) is 13.1. The lowest BCUT2D eigenvalue weighted by Gasteiger charge is -2.16. The number of hydrogen-bond donors (Lipinski definition) is 0. The molecule has 0 aliphatic heterocycles. The van der Waals surface area contributed by atoms with E-state index < -0.39 is 18.1 Å². The predicted molar refractivity (Wildman–Crippen MR) is 79.3 cm³/mol. The van der Waals surface area contributed by atoms with Crippen LogP contribution < -0.4 is 0 Å². The highest BCUT2D eigenvalue weighted by molar-refractivity contribution is 7.90. The third kappa shape index (κ3) is 2.84. The van der Waals surface area contributed by atoms with Gasteiger partial charge in [-0.2, -0.15) is 0 Å². The zero-order chi connectivity index (χ0) is 13.4. The third-order valence-electron chi connectivity index (χ3n) is 2.97. The van der Waals surface area contributed by atoms with Gasteiger partial charge in [0.1, 0.15) is 0 Å². The van der Waals surface area contributed by atoms with Crippen LogP contribution in [0.4, 0.5) is 0 Å². The lowest BCUT2D eigenvalue weighted by atomic mass is 10.3. The molecule has 98 valence electrons. The van der Waals surface area contributed by atoms with Crippen molar-refractivity contribution in [3.8, 4) is 0 Å². The first-order chi connectivity index (χ1) is 8.30. The molecule has 0 aliphatic carbocycles. The van der Waals surface area contributed by atoms with Gasteiger partial charge >= 0.3 is 0 Å². The molecule has 0 fully saturated rings. The summed E-state index contributed by atoms with van der Waals surface area (Å²) in [6.45, 7) is 6.57. The average molecular weight is 281 g/mol.